The van der Waals surface area contributed by atoms with E-state index in [2.05, 4.69) is 10.3 Å². The van der Waals surface area contributed by atoms with Gasteiger partial charge in [0.2, 0.25) is 5.91 Å². The van der Waals surface area contributed by atoms with Crippen LogP contribution in [-0.4, -0.2) is 46.9 Å². The number of esters is 1. The number of rotatable bonds is 5. The summed E-state index contributed by atoms with van der Waals surface area (Å²) in [6, 6.07) is 3.80. The molecule has 2 aliphatic rings. The van der Waals surface area contributed by atoms with E-state index in [0.29, 0.717) is 25.4 Å². The Labute approximate surface area is 127 Å². The van der Waals surface area contributed by atoms with Crippen LogP contribution in [0.15, 0.2) is 18.3 Å². The van der Waals surface area contributed by atoms with Crippen LogP contribution in [-0.2, 0) is 14.3 Å². The molecule has 22 heavy (non-hydrogen) atoms. The first kappa shape index (κ1) is 14.5. The summed E-state index contributed by atoms with van der Waals surface area (Å²) < 4.78 is 4.94. The molecule has 116 valence electrons. The molecule has 1 aromatic heterocycles. The van der Waals surface area contributed by atoms with Crippen molar-refractivity contribution >= 4 is 23.6 Å². The number of carbonyl (C=O) groups excluding carboxylic acids is 3. The Bertz CT molecular complexity index is 595. The second kappa shape index (κ2) is 6.13. The predicted octanol–water partition coefficient (Wildman–Crippen LogP) is 0.962. The molecule has 7 heteroatoms. The van der Waals surface area contributed by atoms with E-state index in [0.717, 1.165) is 23.6 Å². The molecular weight excluding hydrogens is 286 g/mol. The number of ether oxygens (including phenoxy) is 1. The lowest BCUT2D eigenvalue weighted by molar-refractivity contribution is -0.143. The maximum atomic E-state index is 11.9. The molecule has 0 bridgehead atoms. The number of likely N-dealkylation sites (tertiary alicyclic amines) is 1. The average Bonchev–Trinajstić information content (AvgIpc) is 3.23. The molecule has 7 nitrogen and oxygen atoms in total. The van der Waals surface area contributed by atoms with Crippen LogP contribution in [0.5, 0.6) is 0 Å². The van der Waals surface area contributed by atoms with Gasteiger partial charge in [-0.05, 0) is 31.4 Å². The van der Waals surface area contributed by atoms with Crippen molar-refractivity contribution in [3.05, 3.63) is 23.9 Å². The van der Waals surface area contributed by atoms with Crippen LogP contribution in [0.2, 0.25) is 0 Å². The largest absolute Gasteiger partial charge is 0.452 e. The van der Waals surface area contributed by atoms with Crippen LogP contribution in [0.1, 0.15) is 36.0 Å². The zero-order valence-corrected chi connectivity index (χ0v) is 12.1. The Balaban J connectivity index is 1.50. The highest BCUT2D eigenvalue weighted by atomic mass is 16.5. The Morgan fingerprint density at radius 2 is 2.18 bits per heavy atom. The monoisotopic (exact) mass is 303 g/mol. The lowest BCUT2D eigenvalue weighted by Crippen LogP contribution is -2.35. The standard InChI is InChI=1S/C15H17N3O4/c19-13-2-1-7-18(13)14(20)9-22-15(21)10-3-6-12(16-8-10)17-11-4-5-11/h3,6,8,11H,1-2,4-5,7,9H2,(H,16,17). The third-order valence-corrected chi connectivity index (χ3v) is 3.63. The molecule has 2 heterocycles. The van der Waals surface area contributed by atoms with Crippen molar-refractivity contribution < 1.29 is 19.1 Å². The van der Waals surface area contributed by atoms with E-state index >= 15 is 0 Å². The Morgan fingerprint density at radius 3 is 2.77 bits per heavy atom. The van der Waals surface area contributed by atoms with E-state index < -0.39 is 18.5 Å². The minimum absolute atomic E-state index is 0.210. The van der Waals surface area contributed by atoms with Gasteiger partial charge in [-0.3, -0.25) is 14.5 Å². The van der Waals surface area contributed by atoms with E-state index in [-0.39, 0.29) is 11.5 Å². The number of pyridine rings is 1. The summed E-state index contributed by atoms with van der Waals surface area (Å²) in [6.45, 7) is -0.0229. The van der Waals surface area contributed by atoms with Crippen molar-refractivity contribution in [2.75, 3.05) is 18.5 Å². The third kappa shape index (κ3) is 3.41. The molecule has 1 aliphatic heterocycles. The summed E-state index contributed by atoms with van der Waals surface area (Å²) in [5.41, 5.74) is 0.280. The molecule has 0 atom stereocenters. The van der Waals surface area contributed by atoms with Crippen molar-refractivity contribution in [2.45, 2.75) is 31.7 Å². The van der Waals surface area contributed by atoms with Crippen molar-refractivity contribution in [2.24, 2.45) is 0 Å². The van der Waals surface area contributed by atoms with Crippen molar-refractivity contribution in [3.63, 3.8) is 0 Å². The fourth-order valence-electron chi connectivity index (χ4n) is 2.24. The van der Waals surface area contributed by atoms with Gasteiger partial charge in [-0.25, -0.2) is 9.78 Å². The molecule has 0 spiro atoms. The van der Waals surface area contributed by atoms with Crippen molar-refractivity contribution in [1.29, 1.82) is 0 Å². The first-order valence-electron chi connectivity index (χ1n) is 7.36. The Hall–Kier alpha value is -2.44. The SMILES string of the molecule is O=C(OCC(=O)N1CCCC1=O)c1ccc(NC2CC2)nc1. The second-order valence-electron chi connectivity index (χ2n) is 5.47. The average molecular weight is 303 g/mol. The molecule has 3 rings (SSSR count). The summed E-state index contributed by atoms with van der Waals surface area (Å²) in [5, 5.41) is 3.21. The highest BCUT2D eigenvalue weighted by Crippen LogP contribution is 2.23. The van der Waals surface area contributed by atoms with Gasteiger partial charge in [0.25, 0.3) is 5.91 Å². The molecule has 2 fully saturated rings. The fraction of sp³-hybridized carbons (Fsp3) is 0.467. The van der Waals surface area contributed by atoms with E-state index in [1.807, 2.05) is 0 Å². The second-order valence-corrected chi connectivity index (χ2v) is 5.47. The first-order valence-corrected chi connectivity index (χ1v) is 7.36. The molecule has 1 aliphatic carbocycles. The summed E-state index contributed by atoms with van der Waals surface area (Å²) in [5.74, 6) is -0.586. The minimum Gasteiger partial charge on any atom is -0.452 e. The van der Waals surface area contributed by atoms with Gasteiger partial charge < -0.3 is 10.1 Å². The maximum absolute atomic E-state index is 11.9. The van der Waals surface area contributed by atoms with Gasteiger partial charge in [0.1, 0.15) is 5.82 Å². The van der Waals surface area contributed by atoms with E-state index in [1.165, 1.54) is 6.20 Å². The highest BCUT2D eigenvalue weighted by Gasteiger charge is 2.27. The summed E-state index contributed by atoms with van der Waals surface area (Å²) >= 11 is 0. The number of nitrogens with one attached hydrogen (secondary N) is 1. The molecule has 1 saturated carbocycles. The topological polar surface area (TPSA) is 88.6 Å². The zero-order chi connectivity index (χ0) is 15.5. The number of amides is 2. The van der Waals surface area contributed by atoms with Crippen molar-refractivity contribution in [1.82, 2.24) is 9.88 Å². The Kier molecular flexibility index (Phi) is 4.04. The number of hydrogen-bond donors (Lipinski definition) is 1. The molecule has 1 N–H and O–H groups in total. The lowest BCUT2D eigenvalue weighted by atomic mass is 10.3. The number of hydrogen-bond acceptors (Lipinski definition) is 6. The number of anilines is 1. The molecule has 2 amide bonds. The molecule has 1 saturated heterocycles. The third-order valence-electron chi connectivity index (χ3n) is 3.63. The smallest absolute Gasteiger partial charge is 0.340 e. The van der Waals surface area contributed by atoms with Gasteiger partial charge in [-0.15, -0.1) is 0 Å². The number of carbonyl (C=O) groups is 3. The molecule has 0 unspecified atom stereocenters. The minimum atomic E-state index is -0.620. The lowest BCUT2D eigenvalue weighted by Gasteiger charge is -2.13. The van der Waals surface area contributed by atoms with Crippen LogP contribution < -0.4 is 5.32 Å². The van der Waals surface area contributed by atoms with Crippen LogP contribution in [0, 0.1) is 0 Å². The fourth-order valence-corrected chi connectivity index (χ4v) is 2.24. The molecule has 0 radical (unpaired) electrons. The zero-order valence-electron chi connectivity index (χ0n) is 12.1. The normalized spacial score (nSPS) is 17.5. The van der Waals surface area contributed by atoms with Gasteiger partial charge in [0.05, 0.1) is 5.56 Å². The highest BCUT2D eigenvalue weighted by molar-refractivity contribution is 5.98. The van der Waals surface area contributed by atoms with Crippen LogP contribution in [0.4, 0.5) is 5.82 Å². The van der Waals surface area contributed by atoms with Gasteiger partial charge in [0.15, 0.2) is 6.61 Å². The number of nitrogens with zero attached hydrogens (tertiary/aromatic N) is 2. The van der Waals surface area contributed by atoms with E-state index in [1.54, 1.807) is 12.1 Å². The van der Waals surface area contributed by atoms with Gasteiger partial charge in [-0.1, -0.05) is 0 Å². The summed E-state index contributed by atoms with van der Waals surface area (Å²) in [4.78, 5) is 40.3. The molecular formula is C15H17N3O4. The Morgan fingerprint density at radius 1 is 1.36 bits per heavy atom. The predicted molar refractivity (Wildman–Crippen MR) is 77.1 cm³/mol. The summed E-state index contributed by atoms with van der Waals surface area (Å²) in [7, 11) is 0. The number of aromatic nitrogens is 1. The summed E-state index contributed by atoms with van der Waals surface area (Å²) in [6.07, 6.45) is 4.74. The van der Waals surface area contributed by atoms with Gasteiger partial charge >= 0.3 is 5.97 Å². The number of imide groups is 1. The van der Waals surface area contributed by atoms with Crippen LogP contribution in [0.25, 0.3) is 0 Å². The first-order chi connectivity index (χ1) is 10.6. The van der Waals surface area contributed by atoms with E-state index in [9.17, 15) is 14.4 Å². The quantitative estimate of drug-likeness (QED) is 0.815. The maximum Gasteiger partial charge on any atom is 0.340 e. The van der Waals surface area contributed by atoms with Gasteiger partial charge in [0, 0.05) is 25.2 Å². The molecule has 0 aromatic carbocycles. The van der Waals surface area contributed by atoms with E-state index in [4.69, 9.17) is 4.74 Å². The molecule has 1 aromatic rings. The van der Waals surface area contributed by atoms with Crippen LogP contribution in [0.3, 0.4) is 0 Å². The van der Waals surface area contributed by atoms with Crippen LogP contribution >= 0.6 is 0 Å². The van der Waals surface area contributed by atoms with Gasteiger partial charge in [-0.2, -0.15) is 0 Å². The van der Waals surface area contributed by atoms with Crippen molar-refractivity contribution in [3.8, 4) is 0 Å².